The number of fused-ring (bicyclic) bond motifs is 1. The predicted molar refractivity (Wildman–Crippen MR) is 88.1 cm³/mol. The minimum Gasteiger partial charge on any atom is -0.321 e. The Balaban J connectivity index is 1.84. The Kier molecular flexibility index (Phi) is 3.92. The van der Waals surface area contributed by atoms with Gasteiger partial charge in [-0.05, 0) is 18.2 Å². The Bertz CT molecular complexity index is 970. The maximum absolute atomic E-state index is 12.0. The van der Waals surface area contributed by atoms with Gasteiger partial charge in [0.2, 0.25) is 10.0 Å². The van der Waals surface area contributed by atoms with E-state index in [1.807, 2.05) is 0 Å². The van der Waals surface area contributed by atoms with E-state index in [1.165, 1.54) is 29.9 Å². The summed E-state index contributed by atoms with van der Waals surface area (Å²) in [6.07, 6.45) is 5.35. The number of thiazole rings is 1. The molecule has 1 amide bonds. The monoisotopic (exact) mass is 349 g/mol. The summed E-state index contributed by atoms with van der Waals surface area (Å²) in [5.41, 5.74) is 1.40. The van der Waals surface area contributed by atoms with Crippen LogP contribution in [0.3, 0.4) is 0 Å². The van der Waals surface area contributed by atoms with Crippen molar-refractivity contribution in [2.75, 3.05) is 16.3 Å². The molecule has 0 unspecified atom stereocenters. The summed E-state index contributed by atoms with van der Waals surface area (Å²) in [7, 11) is -3.38. The predicted octanol–water partition coefficient (Wildman–Crippen LogP) is 1.71. The summed E-state index contributed by atoms with van der Waals surface area (Å²) < 4.78 is 25.5. The first-order chi connectivity index (χ1) is 10.9. The third-order valence-corrected chi connectivity index (χ3v) is 4.34. The maximum atomic E-state index is 12.0. The van der Waals surface area contributed by atoms with Gasteiger partial charge < -0.3 is 5.32 Å². The van der Waals surface area contributed by atoms with Crippen LogP contribution < -0.4 is 10.0 Å². The Morgan fingerprint density at radius 2 is 2.09 bits per heavy atom. The van der Waals surface area contributed by atoms with Gasteiger partial charge in [0.25, 0.3) is 5.91 Å². The number of amides is 1. The number of hydrogen-bond acceptors (Lipinski definition) is 7. The van der Waals surface area contributed by atoms with Crippen molar-refractivity contribution < 1.29 is 13.2 Å². The smallest absolute Gasteiger partial charge is 0.275 e. The molecular weight excluding hydrogens is 338 g/mol. The first-order valence-electron chi connectivity index (χ1n) is 6.36. The van der Waals surface area contributed by atoms with Crippen molar-refractivity contribution in [1.82, 2.24) is 15.0 Å². The molecule has 0 bridgehead atoms. The molecule has 2 aromatic heterocycles. The number of nitrogens with one attached hydrogen (secondary N) is 2. The molecule has 0 saturated heterocycles. The van der Waals surface area contributed by atoms with E-state index in [-0.39, 0.29) is 16.7 Å². The largest absolute Gasteiger partial charge is 0.321 e. The van der Waals surface area contributed by atoms with Gasteiger partial charge in [0.05, 0.1) is 22.7 Å². The first-order valence-corrected chi connectivity index (χ1v) is 9.07. The quantitative estimate of drug-likeness (QED) is 0.741. The van der Waals surface area contributed by atoms with Gasteiger partial charge in [0.1, 0.15) is 5.69 Å². The third kappa shape index (κ3) is 3.79. The Morgan fingerprint density at radius 1 is 1.26 bits per heavy atom. The van der Waals surface area contributed by atoms with Gasteiger partial charge in [-0.15, -0.1) is 0 Å². The van der Waals surface area contributed by atoms with Crippen LogP contribution in [0.25, 0.3) is 10.2 Å². The molecule has 0 spiro atoms. The molecule has 0 aliphatic rings. The van der Waals surface area contributed by atoms with Crippen LogP contribution in [-0.2, 0) is 10.0 Å². The number of hydrogen-bond donors (Lipinski definition) is 2. The van der Waals surface area contributed by atoms with E-state index in [9.17, 15) is 13.2 Å². The van der Waals surface area contributed by atoms with Gasteiger partial charge in [-0.3, -0.25) is 14.5 Å². The molecule has 2 heterocycles. The minimum absolute atomic E-state index is 0.205. The molecule has 0 fully saturated rings. The van der Waals surface area contributed by atoms with Gasteiger partial charge in [0.15, 0.2) is 5.13 Å². The molecule has 0 aliphatic carbocycles. The number of carbonyl (C=O) groups excluding carboxylic acids is 1. The summed E-state index contributed by atoms with van der Waals surface area (Å²) in [5, 5.41) is 2.98. The third-order valence-electron chi connectivity index (χ3n) is 2.71. The molecule has 8 nitrogen and oxygen atoms in total. The number of carbonyl (C=O) groups is 1. The zero-order valence-corrected chi connectivity index (χ0v) is 13.5. The van der Waals surface area contributed by atoms with Crippen molar-refractivity contribution in [2.45, 2.75) is 0 Å². The van der Waals surface area contributed by atoms with Gasteiger partial charge in [0, 0.05) is 18.1 Å². The fourth-order valence-corrected chi connectivity index (χ4v) is 3.56. The number of sulfonamides is 1. The van der Waals surface area contributed by atoms with Crippen LogP contribution in [0.15, 0.2) is 36.8 Å². The van der Waals surface area contributed by atoms with Gasteiger partial charge in [-0.25, -0.2) is 18.4 Å². The van der Waals surface area contributed by atoms with Crippen LogP contribution in [-0.4, -0.2) is 35.5 Å². The number of aromatic nitrogens is 3. The molecule has 0 radical (unpaired) electrons. The topological polar surface area (TPSA) is 114 Å². The molecule has 0 saturated carbocycles. The zero-order chi connectivity index (χ0) is 16.4. The molecule has 3 aromatic rings. The van der Waals surface area contributed by atoms with Crippen LogP contribution in [0, 0.1) is 0 Å². The minimum atomic E-state index is -3.38. The molecule has 3 rings (SSSR count). The van der Waals surface area contributed by atoms with Gasteiger partial charge in [-0.2, -0.15) is 0 Å². The highest BCUT2D eigenvalue weighted by Crippen LogP contribution is 2.28. The SMILES string of the molecule is CS(=O)(=O)Nc1nc2ccc(NC(=O)c3cnccn3)cc2s1. The molecular formula is C13H11N5O3S2. The Morgan fingerprint density at radius 3 is 2.78 bits per heavy atom. The van der Waals surface area contributed by atoms with Gasteiger partial charge in [-0.1, -0.05) is 11.3 Å². The van der Waals surface area contributed by atoms with E-state index in [1.54, 1.807) is 18.2 Å². The highest BCUT2D eigenvalue weighted by molar-refractivity contribution is 7.92. The molecule has 23 heavy (non-hydrogen) atoms. The number of benzene rings is 1. The second-order valence-electron chi connectivity index (χ2n) is 4.62. The zero-order valence-electron chi connectivity index (χ0n) is 11.8. The van der Waals surface area contributed by atoms with E-state index in [2.05, 4.69) is 25.0 Å². The lowest BCUT2D eigenvalue weighted by molar-refractivity contribution is 0.102. The van der Waals surface area contributed by atoms with Crippen molar-refractivity contribution >= 4 is 48.3 Å². The van der Waals surface area contributed by atoms with E-state index < -0.39 is 10.0 Å². The molecule has 0 aliphatic heterocycles. The maximum Gasteiger partial charge on any atom is 0.275 e. The molecule has 2 N–H and O–H groups in total. The van der Waals surface area contributed by atoms with Crippen molar-refractivity contribution in [3.63, 3.8) is 0 Å². The van der Waals surface area contributed by atoms with E-state index >= 15 is 0 Å². The average molecular weight is 349 g/mol. The van der Waals surface area contributed by atoms with E-state index in [0.717, 1.165) is 11.0 Å². The van der Waals surface area contributed by atoms with Crippen molar-refractivity contribution in [3.8, 4) is 0 Å². The molecule has 0 atom stereocenters. The van der Waals surface area contributed by atoms with Gasteiger partial charge >= 0.3 is 0 Å². The second-order valence-corrected chi connectivity index (χ2v) is 7.40. The summed E-state index contributed by atoms with van der Waals surface area (Å²) in [5.74, 6) is -0.378. The van der Waals surface area contributed by atoms with Crippen molar-refractivity contribution in [3.05, 3.63) is 42.5 Å². The van der Waals surface area contributed by atoms with E-state index in [0.29, 0.717) is 11.2 Å². The fraction of sp³-hybridized carbons (Fsp3) is 0.0769. The average Bonchev–Trinajstić information content (AvgIpc) is 2.87. The number of nitrogens with zero attached hydrogens (tertiary/aromatic N) is 3. The number of rotatable bonds is 4. The highest BCUT2D eigenvalue weighted by Gasteiger charge is 2.11. The molecule has 1 aromatic carbocycles. The van der Waals surface area contributed by atoms with Crippen molar-refractivity contribution in [1.29, 1.82) is 0 Å². The number of anilines is 2. The van der Waals surface area contributed by atoms with Crippen LogP contribution >= 0.6 is 11.3 Å². The lowest BCUT2D eigenvalue weighted by Gasteiger charge is -2.03. The molecule has 10 heteroatoms. The van der Waals surface area contributed by atoms with Crippen LogP contribution in [0.5, 0.6) is 0 Å². The second kappa shape index (κ2) is 5.89. The Labute approximate surface area is 135 Å². The normalized spacial score (nSPS) is 11.3. The summed E-state index contributed by atoms with van der Waals surface area (Å²) >= 11 is 1.18. The summed E-state index contributed by atoms with van der Waals surface area (Å²) in [6, 6.07) is 5.10. The van der Waals surface area contributed by atoms with Crippen LogP contribution in [0.2, 0.25) is 0 Å². The van der Waals surface area contributed by atoms with Crippen LogP contribution in [0.4, 0.5) is 10.8 Å². The van der Waals surface area contributed by atoms with E-state index in [4.69, 9.17) is 0 Å². The molecule has 118 valence electrons. The first kappa shape index (κ1) is 15.3. The lowest BCUT2D eigenvalue weighted by atomic mass is 10.3. The van der Waals surface area contributed by atoms with Crippen LogP contribution in [0.1, 0.15) is 10.5 Å². The Hall–Kier alpha value is -2.59. The highest BCUT2D eigenvalue weighted by atomic mass is 32.2. The fourth-order valence-electron chi connectivity index (χ4n) is 1.82. The van der Waals surface area contributed by atoms with Crippen molar-refractivity contribution in [2.24, 2.45) is 0 Å². The lowest BCUT2D eigenvalue weighted by Crippen LogP contribution is -2.13. The summed E-state index contributed by atoms with van der Waals surface area (Å²) in [6.45, 7) is 0. The standard InChI is InChI=1S/C13H11N5O3S2/c1-23(20,21)18-13-17-9-3-2-8(6-11(9)22-13)16-12(19)10-7-14-4-5-15-10/h2-7H,1H3,(H,16,19)(H,17,18). The summed E-state index contributed by atoms with van der Waals surface area (Å²) in [4.78, 5) is 24.0.